The van der Waals surface area contributed by atoms with Crippen molar-refractivity contribution in [2.24, 2.45) is 5.10 Å². The highest BCUT2D eigenvalue weighted by Crippen LogP contribution is 2.29. The van der Waals surface area contributed by atoms with E-state index in [-0.39, 0.29) is 0 Å². The van der Waals surface area contributed by atoms with Crippen LogP contribution in [0.1, 0.15) is 28.5 Å². The molecule has 0 saturated heterocycles. The van der Waals surface area contributed by atoms with E-state index in [0.717, 1.165) is 11.3 Å². The lowest BCUT2D eigenvalue weighted by Crippen LogP contribution is -2.09. The van der Waals surface area contributed by atoms with Crippen molar-refractivity contribution in [3.8, 4) is 11.5 Å². The largest absolute Gasteiger partial charge is 0.490 e. The Morgan fingerprint density at radius 3 is 2.67 bits per heavy atom. The number of benzene rings is 2. The van der Waals surface area contributed by atoms with Crippen LogP contribution in [0.2, 0.25) is 0 Å². The normalized spacial score (nSPS) is 10.9. The lowest BCUT2D eigenvalue weighted by Gasteiger charge is -2.11. The number of carbonyl (C=O) groups excluding carboxylic acids is 1. The van der Waals surface area contributed by atoms with Crippen LogP contribution < -0.4 is 15.2 Å². The number of nitrogens with two attached hydrogens (primary N) is 1. The van der Waals surface area contributed by atoms with Crippen LogP contribution in [0.3, 0.4) is 0 Å². The van der Waals surface area contributed by atoms with Crippen LogP contribution in [0.4, 0.5) is 5.95 Å². The fraction of sp³-hybridized carbons (Fsp3) is 0.150. The topological polar surface area (TPSA) is 91.7 Å². The van der Waals surface area contributed by atoms with Crippen molar-refractivity contribution in [2.45, 2.75) is 13.8 Å². The Balaban J connectivity index is 1.82. The van der Waals surface area contributed by atoms with Crippen LogP contribution >= 0.6 is 0 Å². The summed E-state index contributed by atoms with van der Waals surface area (Å²) < 4.78 is 12.6. The molecular weight excluding hydrogens is 344 g/mol. The molecule has 0 bridgehead atoms. The molecule has 0 unspecified atom stereocenters. The fourth-order valence-corrected chi connectivity index (χ4v) is 2.42. The Labute approximate surface area is 157 Å². The molecule has 0 aliphatic carbocycles. The van der Waals surface area contributed by atoms with Crippen molar-refractivity contribution >= 4 is 18.1 Å². The minimum Gasteiger partial charge on any atom is -0.490 e. The van der Waals surface area contributed by atoms with E-state index in [9.17, 15) is 4.79 Å². The molecule has 7 nitrogen and oxygen atoms in total. The number of esters is 1. The first-order valence-corrected chi connectivity index (χ1v) is 8.46. The fourth-order valence-electron chi connectivity index (χ4n) is 2.42. The zero-order valence-corrected chi connectivity index (χ0v) is 15.1. The van der Waals surface area contributed by atoms with Gasteiger partial charge in [-0.25, -0.2) is 14.5 Å². The van der Waals surface area contributed by atoms with Gasteiger partial charge in [0, 0.05) is 0 Å². The standard InChI is InChI=1S/C20H20N4O3/c1-3-26-18-11-15(12-22-24-13-14(2)23-20(24)21)9-10-17(18)27-19(25)16-7-5-4-6-8-16/h4-13H,3H2,1-2H3,(H2,21,23). The monoisotopic (exact) mass is 364 g/mol. The van der Waals surface area contributed by atoms with Crippen LogP contribution in [0.15, 0.2) is 59.8 Å². The molecule has 0 saturated carbocycles. The summed E-state index contributed by atoms with van der Waals surface area (Å²) in [5, 5.41) is 4.28. The maximum Gasteiger partial charge on any atom is 0.343 e. The zero-order chi connectivity index (χ0) is 19.2. The van der Waals surface area contributed by atoms with Gasteiger partial charge in [0.1, 0.15) is 0 Å². The molecule has 1 heterocycles. The van der Waals surface area contributed by atoms with Gasteiger partial charge in [0.2, 0.25) is 5.95 Å². The molecule has 7 heteroatoms. The number of hydrogen-bond acceptors (Lipinski definition) is 6. The predicted molar refractivity (Wildman–Crippen MR) is 103 cm³/mol. The van der Waals surface area contributed by atoms with Gasteiger partial charge in [-0.15, -0.1) is 0 Å². The van der Waals surface area contributed by atoms with E-state index in [0.29, 0.717) is 29.6 Å². The molecule has 2 N–H and O–H groups in total. The number of rotatable bonds is 6. The van der Waals surface area contributed by atoms with Crippen molar-refractivity contribution in [1.82, 2.24) is 9.66 Å². The third kappa shape index (κ3) is 4.52. The first kappa shape index (κ1) is 18.2. The second-order valence-corrected chi connectivity index (χ2v) is 5.72. The lowest BCUT2D eigenvalue weighted by molar-refractivity contribution is 0.0728. The maximum absolute atomic E-state index is 12.3. The number of aromatic nitrogens is 2. The SMILES string of the molecule is CCOc1cc(C=Nn2cc(C)nc2N)ccc1OC(=O)c1ccccc1. The van der Waals surface area contributed by atoms with E-state index in [4.69, 9.17) is 15.2 Å². The summed E-state index contributed by atoms with van der Waals surface area (Å²) in [4.78, 5) is 16.4. The molecule has 138 valence electrons. The third-order valence-electron chi connectivity index (χ3n) is 3.65. The molecule has 0 atom stereocenters. The maximum atomic E-state index is 12.3. The van der Waals surface area contributed by atoms with Crippen LogP contribution in [0.5, 0.6) is 11.5 Å². The average Bonchev–Trinajstić information content (AvgIpc) is 3.00. The Kier molecular flexibility index (Phi) is 5.51. The van der Waals surface area contributed by atoms with Crippen molar-refractivity contribution in [3.63, 3.8) is 0 Å². The first-order chi connectivity index (χ1) is 13.1. The van der Waals surface area contributed by atoms with Gasteiger partial charge in [0.05, 0.1) is 30.3 Å². The van der Waals surface area contributed by atoms with Gasteiger partial charge in [-0.2, -0.15) is 5.10 Å². The van der Waals surface area contributed by atoms with Gasteiger partial charge in [-0.3, -0.25) is 0 Å². The van der Waals surface area contributed by atoms with Crippen molar-refractivity contribution < 1.29 is 14.3 Å². The second kappa shape index (κ2) is 8.18. The highest BCUT2D eigenvalue weighted by molar-refractivity contribution is 5.91. The summed E-state index contributed by atoms with van der Waals surface area (Å²) in [6.07, 6.45) is 3.36. The van der Waals surface area contributed by atoms with Gasteiger partial charge >= 0.3 is 5.97 Å². The van der Waals surface area contributed by atoms with Crippen LogP contribution in [-0.4, -0.2) is 28.5 Å². The number of aryl methyl sites for hydroxylation is 1. The molecule has 2 aromatic carbocycles. The van der Waals surface area contributed by atoms with Gasteiger partial charge in [0.25, 0.3) is 0 Å². The molecular formula is C20H20N4O3. The van der Waals surface area contributed by atoms with E-state index in [2.05, 4.69) is 10.1 Å². The number of nitrogens with zero attached hydrogens (tertiary/aromatic N) is 3. The Hall–Kier alpha value is -3.61. The van der Waals surface area contributed by atoms with Crippen molar-refractivity contribution in [1.29, 1.82) is 0 Å². The summed E-state index contributed by atoms with van der Waals surface area (Å²) >= 11 is 0. The summed E-state index contributed by atoms with van der Waals surface area (Å²) in [5.74, 6) is 0.670. The minimum absolute atomic E-state index is 0.308. The van der Waals surface area contributed by atoms with Crippen LogP contribution in [-0.2, 0) is 0 Å². The number of hydrogen-bond donors (Lipinski definition) is 1. The minimum atomic E-state index is -0.445. The van der Waals surface area contributed by atoms with Gasteiger partial charge < -0.3 is 15.2 Å². The molecule has 3 aromatic rings. The molecule has 0 radical (unpaired) electrons. The van der Waals surface area contributed by atoms with E-state index < -0.39 is 5.97 Å². The van der Waals surface area contributed by atoms with E-state index in [1.807, 2.05) is 19.9 Å². The molecule has 0 aliphatic rings. The van der Waals surface area contributed by atoms with E-state index in [1.54, 1.807) is 54.9 Å². The highest BCUT2D eigenvalue weighted by Gasteiger charge is 2.13. The highest BCUT2D eigenvalue weighted by atomic mass is 16.6. The summed E-state index contributed by atoms with van der Waals surface area (Å²) in [7, 11) is 0. The summed E-state index contributed by atoms with van der Waals surface area (Å²) in [6, 6.07) is 14.0. The van der Waals surface area contributed by atoms with Crippen molar-refractivity contribution in [2.75, 3.05) is 12.3 Å². The van der Waals surface area contributed by atoms with Gasteiger partial charge in [-0.1, -0.05) is 18.2 Å². The van der Waals surface area contributed by atoms with Crippen LogP contribution in [0.25, 0.3) is 0 Å². The molecule has 3 rings (SSSR count). The Morgan fingerprint density at radius 2 is 2.00 bits per heavy atom. The summed E-state index contributed by atoms with van der Waals surface area (Å²) in [6.45, 7) is 4.13. The van der Waals surface area contributed by atoms with E-state index in [1.165, 1.54) is 4.68 Å². The molecule has 0 amide bonds. The molecule has 0 spiro atoms. The van der Waals surface area contributed by atoms with Gasteiger partial charge in [-0.05, 0) is 49.7 Å². The Bertz CT molecular complexity index is 965. The predicted octanol–water partition coefficient (Wildman–Crippen LogP) is 3.27. The smallest absolute Gasteiger partial charge is 0.343 e. The van der Waals surface area contributed by atoms with Crippen LogP contribution in [0, 0.1) is 6.92 Å². The number of carbonyl (C=O) groups is 1. The van der Waals surface area contributed by atoms with E-state index >= 15 is 0 Å². The number of nitrogen functional groups attached to an aromatic ring is 1. The lowest BCUT2D eigenvalue weighted by atomic mass is 10.2. The zero-order valence-electron chi connectivity index (χ0n) is 15.1. The number of imidazole rings is 1. The molecule has 0 fully saturated rings. The Morgan fingerprint density at radius 1 is 1.22 bits per heavy atom. The van der Waals surface area contributed by atoms with Crippen molar-refractivity contribution in [3.05, 3.63) is 71.5 Å². The number of anilines is 1. The molecule has 27 heavy (non-hydrogen) atoms. The second-order valence-electron chi connectivity index (χ2n) is 5.72. The third-order valence-corrected chi connectivity index (χ3v) is 3.65. The van der Waals surface area contributed by atoms with Gasteiger partial charge in [0.15, 0.2) is 11.5 Å². The quantitative estimate of drug-likeness (QED) is 0.412. The average molecular weight is 364 g/mol. The first-order valence-electron chi connectivity index (χ1n) is 8.46. The number of ether oxygens (including phenoxy) is 2. The summed E-state index contributed by atoms with van der Waals surface area (Å²) in [5.41, 5.74) is 7.79. The molecule has 0 aliphatic heterocycles. The molecule has 1 aromatic heterocycles.